The third-order valence-corrected chi connectivity index (χ3v) is 5.82. The molecule has 0 N–H and O–H groups in total. The second-order valence-electron chi connectivity index (χ2n) is 7.80. The van der Waals surface area contributed by atoms with Crippen LogP contribution in [0.2, 0.25) is 0 Å². The van der Waals surface area contributed by atoms with Crippen LogP contribution in [0.25, 0.3) is 0 Å². The van der Waals surface area contributed by atoms with Crippen molar-refractivity contribution in [1.29, 1.82) is 0 Å². The van der Waals surface area contributed by atoms with Crippen molar-refractivity contribution in [3.63, 3.8) is 0 Å². The number of rotatable bonds is 4. The standard InChI is InChI=1S/C22H26F3N3/c1-26-11-13-27(14-12-26)9-4-10-28-20-6-3-2-5-17(20)15-18-7-8-19(16-21(18)28)22(23,24)25/h2-3,5-8,16H,4,9-15H2,1H3. The highest BCUT2D eigenvalue weighted by Crippen LogP contribution is 2.41. The van der Waals surface area contributed by atoms with Gasteiger partial charge in [0.2, 0.25) is 0 Å². The van der Waals surface area contributed by atoms with Crippen molar-refractivity contribution < 1.29 is 13.2 Å². The predicted molar refractivity (Wildman–Crippen MR) is 106 cm³/mol. The summed E-state index contributed by atoms with van der Waals surface area (Å²) in [5.41, 5.74) is 3.30. The monoisotopic (exact) mass is 389 g/mol. The van der Waals surface area contributed by atoms with Crippen LogP contribution < -0.4 is 4.90 Å². The fourth-order valence-electron chi connectivity index (χ4n) is 4.16. The van der Waals surface area contributed by atoms with Crippen molar-refractivity contribution in [2.45, 2.75) is 19.0 Å². The summed E-state index contributed by atoms with van der Waals surface area (Å²) in [6.07, 6.45) is -2.72. The number of benzene rings is 2. The van der Waals surface area contributed by atoms with Gasteiger partial charge in [0.05, 0.1) is 5.56 Å². The normalized spacial score (nSPS) is 18.1. The lowest BCUT2D eigenvalue weighted by molar-refractivity contribution is -0.137. The van der Waals surface area contributed by atoms with Gasteiger partial charge in [-0.2, -0.15) is 13.2 Å². The van der Waals surface area contributed by atoms with Gasteiger partial charge in [0.15, 0.2) is 0 Å². The fraction of sp³-hybridized carbons (Fsp3) is 0.455. The van der Waals surface area contributed by atoms with Gasteiger partial charge in [-0.1, -0.05) is 24.3 Å². The first-order valence-corrected chi connectivity index (χ1v) is 9.88. The van der Waals surface area contributed by atoms with Crippen LogP contribution in [0.15, 0.2) is 42.5 Å². The van der Waals surface area contributed by atoms with E-state index in [9.17, 15) is 13.2 Å². The summed E-state index contributed by atoms with van der Waals surface area (Å²) in [4.78, 5) is 6.86. The van der Waals surface area contributed by atoms with Crippen LogP contribution >= 0.6 is 0 Å². The molecule has 0 bridgehead atoms. The van der Waals surface area contributed by atoms with Crippen LogP contribution in [-0.2, 0) is 12.6 Å². The summed E-state index contributed by atoms with van der Waals surface area (Å²) >= 11 is 0. The number of hydrogen-bond donors (Lipinski definition) is 0. The van der Waals surface area contributed by atoms with E-state index in [1.54, 1.807) is 6.07 Å². The Kier molecular flexibility index (Phi) is 5.34. The Balaban J connectivity index is 1.55. The van der Waals surface area contributed by atoms with E-state index in [1.165, 1.54) is 17.7 Å². The zero-order valence-electron chi connectivity index (χ0n) is 16.2. The zero-order valence-corrected chi connectivity index (χ0v) is 16.2. The van der Waals surface area contributed by atoms with Gasteiger partial charge in [-0.3, -0.25) is 0 Å². The molecule has 0 saturated carbocycles. The molecule has 0 aromatic heterocycles. The molecule has 6 heteroatoms. The molecule has 4 rings (SSSR count). The van der Waals surface area contributed by atoms with Crippen LogP contribution in [-0.4, -0.2) is 56.1 Å². The number of anilines is 2. The maximum atomic E-state index is 13.3. The highest BCUT2D eigenvalue weighted by molar-refractivity contribution is 5.74. The number of hydrogen-bond acceptors (Lipinski definition) is 3. The van der Waals surface area contributed by atoms with Crippen LogP contribution in [0.4, 0.5) is 24.5 Å². The Hall–Kier alpha value is -2.05. The lowest BCUT2D eigenvalue weighted by Crippen LogP contribution is -2.45. The van der Waals surface area contributed by atoms with E-state index in [2.05, 4.69) is 27.8 Å². The van der Waals surface area contributed by atoms with Gasteiger partial charge in [-0.15, -0.1) is 0 Å². The van der Waals surface area contributed by atoms with Crippen molar-refractivity contribution >= 4 is 11.4 Å². The molecule has 1 fully saturated rings. The van der Waals surface area contributed by atoms with Gasteiger partial charge < -0.3 is 14.7 Å². The topological polar surface area (TPSA) is 9.72 Å². The quantitative estimate of drug-likeness (QED) is 0.768. The number of nitrogens with zero attached hydrogens (tertiary/aromatic N) is 3. The fourth-order valence-corrected chi connectivity index (χ4v) is 4.16. The summed E-state index contributed by atoms with van der Waals surface area (Å²) in [6.45, 7) is 5.96. The molecule has 0 atom stereocenters. The number of alkyl halides is 3. The number of fused-ring (bicyclic) bond motifs is 2. The Labute approximate surface area is 164 Å². The average molecular weight is 389 g/mol. The second-order valence-corrected chi connectivity index (χ2v) is 7.80. The van der Waals surface area contributed by atoms with Crippen LogP contribution in [0, 0.1) is 0 Å². The molecular weight excluding hydrogens is 363 g/mol. The Bertz CT molecular complexity index is 826. The van der Waals surface area contributed by atoms with E-state index < -0.39 is 11.7 Å². The number of para-hydroxylation sites is 1. The summed E-state index contributed by atoms with van der Waals surface area (Å²) in [7, 11) is 2.14. The summed E-state index contributed by atoms with van der Waals surface area (Å²) in [6, 6.07) is 12.2. The highest BCUT2D eigenvalue weighted by Gasteiger charge is 2.33. The smallest absolute Gasteiger partial charge is 0.341 e. The molecule has 150 valence electrons. The third kappa shape index (κ3) is 4.03. The average Bonchev–Trinajstić information content (AvgIpc) is 2.68. The Morgan fingerprint density at radius 3 is 2.32 bits per heavy atom. The molecule has 0 spiro atoms. The van der Waals surface area contributed by atoms with Crippen LogP contribution in [0.1, 0.15) is 23.1 Å². The van der Waals surface area contributed by atoms with Gasteiger partial charge in [0, 0.05) is 50.5 Å². The minimum Gasteiger partial charge on any atom is -0.341 e. The van der Waals surface area contributed by atoms with Gasteiger partial charge >= 0.3 is 6.18 Å². The first-order chi connectivity index (χ1) is 13.4. The van der Waals surface area contributed by atoms with Gasteiger partial charge in [-0.25, -0.2) is 0 Å². The molecule has 0 radical (unpaired) electrons. The van der Waals surface area contributed by atoms with E-state index in [-0.39, 0.29) is 0 Å². The molecule has 28 heavy (non-hydrogen) atoms. The second kappa shape index (κ2) is 7.76. The minimum absolute atomic E-state index is 0.574. The van der Waals surface area contributed by atoms with E-state index in [0.717, 1.165) is 56.9 Å². The van der Waals surface area contributed by atoms with Gasteiger partial charge in [0.1, 0.15) is 0 Å². The molecule has 2 aliphatic heterocycles. The first-order valence-electron chi connectivity index (χ1n) is 9.88. The van der Waals surface area contributed by atoms with Crippen molar-refractivity contribution in [1.82, 2.24) is 9.80 Å². The highest BCUT2D eigenvalue weighted by atomic mass is 19.4. The predicted octanol–water partition coefficient (Wildman–Crippen LogP) is 4.39. The van der Waals surface area contributed by atoms with Crippen molar-refractivity contribution in [2.24, 2.45) is 0 Å². The van der Waals surface area contributed by atoms with E-state index in [4.69, 9.17) is 0 Å². The lowest BCUT2D eigenvalue weighted by atomic mass is 9.94. The molecule has 1 saturated heterocycles. The molecule has 2 aliphatic rings. The molecule has 2 heterocycles. The molecule has 2 aromatic rings. The first kappa shape index (κ1) is 19.3. The van der Waals surface area contributed by atoms with E-state index in [0.29, 0.717) is 12.1 Å². The molecular formula is C22H26F3N3. The Morgan fingerprint density at radius 2 is 1.57 bits per heavy atom. The number of halogens is 3. The van der Waals surface area contributed by atoms with Gasteiger partial charge in [-0.05, 0) is 49.3 Å². The summed E-state index contributed by atoms with van der Waals surface area (Å²) < 4.78 is 39.8. The molecule has 0 unspecified atom stereocenters. The molecule has 0 aliphatic carbocycles. The Morgan fingerprint density at radius 1 is 0.857 bits per heavy atom. The van der Waals surface area contributed by atoms with E-state index >= 15 is 0 Å². The molecule has 2 aromatic carbocycles. The van der Waals surface area contributed by atoms with Crippen molar-refractivity contribution in [2.75, 3.05) is 51.2 Å². The largest absolute Gasteiger partial charge is 0.416 e. The minimum atomic E-state index is -4.32. The third-order valence-electron chi connectivity index (χ3n) is 5.82. The maximum absolute atomic E-state index is 13.3. The lowest BCUT2D eigenvalue weighted by Gasteiger charge is -2.36. The maximum Gasteiger partial charge on any atom is 0.416 e. The van der Waals surface area contributed by atoms with Gasteiger partial charge in [0.25, 0.3) is 0 Å². The summed E-state index contributed by atoms with van der Waals surface area (Å²) in [5.74, 6) is 0. The summed E-state index contributed by atoms with van der Waals surface area (Å²) in [5, 5.41) is 0. The van der Waals surface area contributed by atoms with Crippen molar-refractivity contribution in [3.05, 3.63) is 59.2 Å². The molecule has 3 nitrogen and oxygen atoms in total. The number of piperazine rings is 1. The zero-order chi connectivity index (χ0) is 19.7. The van der Waals surface area contributed by atoms with Crippen molar-refractivity contribution in [3.8, 4) is 0 Å². The molecule has 0 amide bonds. The SMILES string of the molecule is CN1CCN(CCCN2c3ccccc3Cc3ccc(C(F)(F)F)cc32)CC1. The van der Waals surface area contributed by atoms with Crippen LogP contribution in [0.3, 0.4) is 0 Å². The number of likely N-dealkylation sites (N-methyl/N-ethyl adjacent to an activating group) is 1. The van der Waals surface area contributed by atoms with Crippen LogP contribution in [0.5, 0.6) is 0 Å². The van der Waals surface area contributed by atoms with E-state index in [1.807, 2.05) is 18.2 Å².